The number of ether oxygens (including phenoxy) is 1. The minimum absolute atomic E-state index is 0.0223. The predicted octanol–water partition coefficient (Wildman–Crippen LogP) is 2.45. The maximum Gasteiger partial charge on any atom is 0.368 e. The van der Waals surface area contributed by atoms with Crippen LogP contribution >= 0.6 is 7.60 Å². The van der Waals surface area contributed by atoms with Crippen molar-refractivity contribution in [3.05, 3.63) is 22.8 Å². The standard InChI is InChI=1S/C10H20NO6P/c1-5-8-15-10(4,9-11(12)13)18(14,16-6-2)17-7-3/h5H,1,6-9H2,2-4H3. The molecule has 7 nitrogen and oxygen atoms in total. The van der Waals surface area contributed by atoms with Crippen molar-refractivity contribution in [1.29, 1.82) is 0 Å². The van der Waals surface area contributed by atoms with Crippen LogP contribution in [0.1, 0.15) is 20.8 Å². The van der Waals surface area contributed by atoms with Gasteiger partial charge in [-0.25, -0.2) is 0 Å². The van der Waals surface area contributed by atoms with E-state index in [2.05, 4.69) is 6.58 Å². The van der Waals surface area contributed by atoms with Gasteiger partial charge in [0, 0.05) is 4.92 Å². The molecule has 0 aliphatic heterocycles. The van der Waals surface area contributed by atoms with Gasteiger partial charge in [-0.3, -0.25) is 14.7 Å². The molecule has 0 bridgehead atoms. The minimum Gasteiger partial charge on any atom is -0.353 e. The van der Waals surface area contributed by atoms with E-state index in [9.17, 15) is 14.7 Å². The van der Waals surface area contributed by atoms with Crippen LogP contribution in [0.2, 0.25) is 0 Å². The third-order valence-electron chi connectivity index (χ3n) is 2.11. The van der Waals surface area contributed by atoms with Gasteiger partial charge < -0.3 is 13.8 Å². The number of rotatable bonds is 10. The molecule has 0 aliphatic carbocycles. The van der Waals surface area contributed by atoms with Crippen LogP contribution in [0.4, 0.5) is 0 Å². The van der Waals surface area contributed by atoms with E-state index in [0.29, 0.717) is 0 Å². The summed E-state index contributed by atoms with van der Waals surface area (Å²) in [5.74, 6) is 0. The molecule has 0 rings (SSSR count). The Kier molecular flexibility index (Phi) is 7.32. The first kappa shape index (κ1) is 17.2. The average Bonchev–Trinajstić information content (AvgIpc) is 2.26. The summed E-state index contributed by atoms with van der Waals surface area (Å²) in [4.78, 5) is 10.1. The van der Waals surface area contributed by atoms with Gasteiger partial charge in [-0.2, -0.15) is 0 Å². The van der Waals surface area contributed by atoms with E-state index in [1.807, 2.05) is 0 Å². The zero-order chi connectivity index (χ0) is 14.2. The third kappa shape index (κ3) is 4.49. The van der Waals surface area contributed by atoms with E-state index in [1.54, 1.807) is 13.8 Å². The summed E-state index contributed by atoms with van der Waals surface area (Å²) in [6.45, 7) is 7.64. The van der Waals surface area contributed by atoms with Crippen LogP contribution < -0.4 is 0 Å². The molecule has 0 fully saturated rings. The van der Waals surface area contributed by atoms with E-state index in [-0.39, 0.29) is 19.8 Å². The van der Waals surface area contributed by atoms with Crippen LogP contribution in [-0.4, -0.2) is 36.6 Å². The number of hydrogen-bond acceptors (Lipinski definition) is 6. The van der Waals surface area contributed by atoms with Gasteiger partial charge in [0.2, 0.25) is 11.9 Å². The topological polar surface area (TPSA) is 87.9 Å². The smallest absolute Gasteiger partial charge is 0.353 e. The molecular formula is C10H20NO6P. The second-order valence-electron chi connectivity index (χ2n) is 3.60. The molecule has 0 saturated carbocycles. The summed E-state index contributed by atoms with van der Waals surface area (Å²) >= 11 is 0. The highest BCUT2D eigenvalue weighted by Crippen LogP contribution is 2.60. The Hall–Kier alpha value is -0.750. The van der Waals surface area contributed by atoms with Gasteiger partial charge >= 0.3 is 7.60 Å². The Morgan fingerprint density at radius 1 is 1.39 bits per heavy atom. The first-order valence-corrected chi connectivity index (χ1v) is 7.15. The van der Waals surface area contributed by atoms with Gasteiger partial charge in [0.1, 0.15) is 0 Å². The Balaban J connectivity index is 5.25. The number of nitrogens with zero attached hydrogens (tertiary/aromatic N) is 1. The minimum atomic E-state index is -3.74. The molecule has 106 valence electrons. The van der Waals surface area contributed by atoms with Crippen molar-refractivity contribution >= 4 is 7.60 Å². The summed E-state index contributed by atoms with van der Waals surface area (Å²) in [5, 5.41) is 9.07. The zero-order valence-corrected chi connectivity index (χ0v) is 11.9. The first-order chi connectivity index (χ1) is 8.35. The van der Waals surface area contributed by atoms with Gasteiger partial charge in [0.25, 0.3) is 0 Å². The Morgan fingerprint density at radius 2 is 1.89 bits per heavy atom. The lowest BCUT2D eigenvalue weighted by atomic mass is 10.4. The first-order valence-electron chi connectivity index (χ1n) is 5.61. The van der Waals surface area contributed by atoms with E-state index < -0.39 is 24.4 Å². The number of nitro groups is 1. The second-order valence-corrected chi connectivity index (χ2v) is 6.06. The monoisotopic (exact) mass is 281 g/mol. The molecule has 0 amide bonds. The molecule has 0 heterocycles. The lowest BCUT2D eigenvalue weighted by Crippen LogP contribution is -2.38. The molecule has 1 atom stereocenters. The van der Waals surface area contributed by atoms with Crippen LogP contribution in [0.5, 0.6) is 0 Å². The molecule has 0 spiro atoms. The highest BCUT2D eigenvalue weighted by Gasteiger charge is 2.52. The molecular weight excluding hydrogens is 261 g/mol. The number of hydrogen-bond donors (Lipinski definition) is 0. The Morgan fingerprint density at radius 3 is 2.22 bits per heavy atom. The lowest BCUT2D eigenvalue weighted by molar-refractivity contribution is -0.495. The van der Waals surface area contributed by atoms with Crippen molar-refractivity contribution in [3.63, 3.8) is 0 Å². The SMILES string of the molecule is C=CCOC(C)(C[N+](=O)[O-])P(=O)(OCC)OCC. The summed E-state index contributed by atoms with van der Waals surface area (Å²) in [7, 11) is -3.74. The molecule has 1 unspecified atom stereocenters. The Bertz CT molecular complexity index is 324. The second kappa shape index (κ2) is 7.63. The molecule has 0 aromatic carbocycles. The third-order valence-corrected chi connectivity index (χ3v) is 4.74. The van der Waals surface area contributed by atoms with Crippen molar-refractivity contribution in [1.82, 2.24) is 0 Å². The van der Waals surface area contributed by atoms with Crippen molar-refractivity contribution in [2.45, 2.75) is 26.1 Å². The maximum atomic E-state index is 12.6. The summed E-state index contributed by atoms with van der Waals surface area (Å²) in [5.41, 5.74) is 0. The highest BCUT2D eigenvalue weighted by molar-refractivity contribution is 7.55. The van der Waals surface area contributed by atoms with Gasteiger partial charge in [-0.15, -0.1) is 6.58 Å². The van der Waals surface area contributed by atoms with Crippen LogP contribution in [0.15, 0.2) is 12.7 Å². The largest absolute Gasteiger partial charge is 0.368 e. The van der Waals surface area contributed by atoms with Crippen molar-refractivity contribution in [2.24, 2.45) is 0 Å². The fourth-order valence-electron chi connectivity index (χ4n) is 1.34. The molecule has 0 aromatic rings. The fourth-order valence-corrected chi connectivity index (χ4v) is 3.16. The van der Waals surface area contributed by atoms with Crippen molar-refractivity contribution < 1.29 is 23.3 Å². The molecule has 0 aliphatic rings. The summed E-state index contributed by atoms with van der Waals surface area (Å²) in [6.07, 6.45) is 1.42. The van der Waals surface area contributed by atoms with Crippen molar-refractivity contribution in [2.75, 3.05) is 26.4 Å². The molecule has 8 heteroatoms. The highest BCUT2D eigenvalue weighted by atomic mass is 31.2. The lowest BCUT2D eigenvalue weighted by Gasteiger charge is -2.32. The van der Waals surface area contributed by atoms with Gasteiger partial charge in [0.05, 0.1) is 19.8 Å². The maximum absolute atomic E-state index is 12.6. The fraction of sp³-hybridized carbons (Fsp3) is 0.800. The van der Waals surface area contributed by atoms with E-state index >= 15 is 0 Å². The predicted molar refractivity (Wildman–Crippen MR) is 67.3 cm³/mol. The van der Waals surface area contributed by atoms with Crippen LogP contribution in [0.3, 0.4) is 0 Å². The molecule has 0 aromatic heterocycles. The molecule has 0 N–H and O–H groups in total. The van der Waals surface area contributed by atoms with Gasteiger partial charge in [-0.05, 0) is 20.8 Å². The normalized spacial score (nSPS) is 15.1. The van der Waals surface area contributed by atoms with E-state index in [1.165, 1.54) is 13.0 Å². The molecule has 0 saturated heterocycles. The molecule has 18 heavy (non-hydrogen) atoms. The van der Waals surface area contributed by atoms with E-state index in [0.717, 1.165) is 0 Å². The molecule has 0 radical (unpaired) electrons. The van der Waals surface area contributed by atoms with Crippen molar-refractivity contribution in [3.8, 4) is 0 Å². The summed E-state index contributed by atoms with van der Waals surface area (Å²) < 4.78 is 28.1. The average molecular weight is 281 g/mol. The zero-order valence-electron chi connectivity index (χ0n) is 11.0. The van der Waals surface area contributed by atoms with Crippen LogP contribution in [0.25, 0.3) is 0 Å². The van der Waals surface area contributed by atoms with Gasteiger partial charge in [0.15, 0.2) is 0 Å². The van der Waals surface area contributed by atoms with E-state index in [4.69, 9.17) is 13.8 Å². The Labute approximate surface area is 107 Å². The van der Waals surface area contributed by atoms with Gasteiger partial charge in [-0.1, -0.05) is 6.08 Å². The van der Waals surface area contributed by atoms with Crippen LogP contribution in [0, 0.1) is 10.1 Å². The van der Waals surface area contributed by atoms with Crippen LogP contribution in [-0.2, 0) is 18.3 Å². The summed E-state index contributed by atoms with van der Waals surface area (Å²) in [6, 6.07) is 0. The quantitative estimate of drug-likeness (QED) is 0.264.